The first-order valence-corrected chi connectivity index (χ1v) is 13.9. The van der Waals surface area contributed by atoms with Crippen LogP contribution in [-0.2, 0) is 22.7 Å². The van der Waals surface area contributed by atoms with Crippen molar-refractivity contribution in [1.29, 1.82) is 0 Å². The molecule has 2 amide bonds. The lowest BCUT2D eigenvalue weighted by atomic mass is 9.89. The summed E-state index contributed by atoms with van der Waals surface area (Å²) in [5.74, 6) is 0. The van der Waals surface area contributed by atoms with Crippen molar-refractivity contribution in [2.45, 2.75) is 20.1 Å². The standard InChI is InChI=1S/C37H32N2O4/c1-26-22-31(38-36(40)42-24-28-12-6-3-7-13-28)18-20-33(26)34-21-19-32(23-35(34)27(2)30-16-10-5-11-17-30)39-37(41)43-25-29-14-8-4-9-15-29/h3-23H,2,24-25H2,1H3,(H,38,40)(H,39,41). The number of nitrogens with one attached hydrogen (secondary N) is 2. The average molecular weight is 569 g/mol. The summed E-state index contributed by atoms with van der Waals surface area (Å²) < 4.78 is 10.8. The summed E-state index contributed by atoms with van der Waals surface area (Å²) in [5, 5.41) is 5.65. The van der Waals surface area contributed by atoms with E-state index in [-0.39, 0.29) is 13.2 Å². The number of carbonyl (C=O) groups excluding carboxylic acids is 2. The van der Waals surface area contributed by atoms with Gasteiger partial charge in [-0.3, -0.25) is 10.6 Å². The maximum absolute atomic E-state index is 12.6. The second-order valence-electron chi connectivity index (χ2n) is 10.0. The zero-order valence-corrected chi connectivity index (χ0v) is 23.9. The van der Waals surface area contributed by atoms with E-state index in [1.807, 2.05) is 134 Å². The van der Waals surface area contributed by atoms with Gasteiger partial charge >= 0.3 is 12.2 Å². The highest BCUT2D eigenvalue weighted by Crippen LogP contribution is 2.36. The third kappa shape index (κ3) is 7.77. The SMILES string of the molecule is C=C(c1ccccc1)c1cc(NC(=O)OCc2ccccc2)ccc1-c1ccc(NC(=O)OCc2ccccc2)cc1C. The minimum Gasteiger partial charge on any atom is -0.444 e. The van der Waals surface area contributed by atoms with E-state index in [0.717, 1.165) is 44.5 Å². The Morgan fingerprint density at radius 1 is 0.605 bits per heavy atom. The third-order valence-electron chi connectivity index (χ3n) is 6.90. The van der Waals surface area contributed by atoms with Crippen molar-refractivity contribution in [2.24, 2.45) is 0 Å². The minimum atomic E-state index is -0.543. The van der Waals surface area contributed by atoms with Crippen molar-refractivity contribution in [3.63, 3.8) is 0 Å². The zero-order valence-electron chi connectivity index (χ0n) is 23.9. The van der Waals surface area contributed by atoms with Crippen molar-refractivity contribution < 1.29 is 19.1 Å². The predicted molar refractivity (Wildman–Crippen MR) is 172 cm³/mol. The lowest BCUT2D eigenvalue weighted by Crippen LogP contribution is -2.14. The lowest BCUT2D eigenvalue weighted by molar-refractivity contribution is 0.154. The Morgan fingerprint density at radius 3 is 1.58 bits per heavy atom. The highest BCUT2D eigenvalue weighted by molar-refractivity contribution is 5.93. The molecule has 5 rings (SSSR count). The number of hydrogen-bond donors (Lipinski definition) is 2. The van der Waals surface area contributed by atoms with Crippen LogP contribution in [0.3, 0.4) is 0 Å². The largest absolute Gasteiger partial charge is 0.444 e. The van der Waals surface area contributed by atoms with Crippen LogP contribution in [0.4, 0.5) is 21.0 Å². The summed E-state index contributed by atoms with van der Waals surface area (Å²) in [6.07, 6.45) is -1.07. The summed E-state index contributed by atoms with van der Waals surface area (Å²) in [6, 6.07) is 40.4. The Hall–Kier alpha value is -5.62. The first-order chi connectivity index (χ1) is 21.0. The molecule has 0 aliphatic rings. The van der Waals surface area contributed by atoms with Crippen LogP contribution in [0.15, 0.2) is 134 Å². The van der Waals surface area contributed by atoms with Crippen molar-refractivity contribution in [1.82, 2.24) is 0 Å². The number of carbonyl (C=O) groups is 2. The molecule has 0 saturated heterocycles. The van der Waals surface area contributed by atoms with Crippen LogP contribution in [0, 0.1) is 6.92 Å². The fourth-order valence-electron chi connectivity index (χ4n) is 4.70. The second-order valence-corrected chi connectivity index (χ2v) is 10.0. The van der Waals surface area contributed by atoms with Crippen LogP contribution in [-0.4, -0.2) is 12.2 Å². The van der Waals surface area contributed by atoms with E-state index in [2.05, 4.69) is 17.2 Å². The van der Waals surface area contributed by atoms with E-state index in [9.17, 15) is 9.59 Å². The Balaban J connectivity index is 1.35. The van der Waals surface area contributed by atoms with E-state index in [0.29, 0.717) is 11.4 Å². The van der Waals surface area contributed by atoms with Crippen molar-refractivity contribution in [2.75, 3.05) is 10.6 Å². The van der Waals surface area contributed by atoms with Crippen LogP contribution in [0.2, 0.25) is 0 Å². The number of aryl methyl sites for hydroxylation is 1. The number of ether oxygens (including phenoxy) is 2. The molecule has 5 aromatic carbocycles. The fourth-order valence-corrected chi connectivity index (χ4v) is 4.70. The Bertz CT molecular complexity index is 1720. The van der Waals surface area contributed by atoms with Gasteiger partial charge in [0.05, 0.1) is 0 Å². The molecule has 5 aromatic rings. The second kappa shape index (κ2) is 13.8. The molecule has 0 bridgehead atoms. The molecule has 0 spiro atoms. The molecular weight excluding hydrogens is 536 g/mol. The molecule has 0 aliphatic heterocycles. The summed E-state index contributed by atoms with van der Waals surface area (Å²) in [5.41, 5.74) is 8.52. The van der Waals surface area contributed by atoms with Gasteiger partial charge in [0.15, 0.2) is 0 Å². The highest BCUT2D eigenvalue weighted by atomic mass is 16.6. The molecule has 0 aromatic heterocycles. The van der Waals surface area contributed by atoms with Gasteiger partial charge in [0.1, 0.15) is 13.2 Å². The number of rotatable bonds is 9. The molecule has 0 unspecified atom stereocenters. The Kier molecular flexibility index (Phi) is 9.29. The molecule has 0 heterocycles. The Morgan fingerprint density at radius 2 is 1.07 bits per heavy atom. The predicted octanol–water partition coefficient (Wildman–Crippen LogP) is 9.22. The van der Waals surface area contributed by atoms with Crippen LogP contribution >= 0.6 is 0 Å². The molecule has 0 aliphatic carbocycles. The van der Waals surface area contributed by atoms with Gasteiger partial charge in [0.2, 0.25) is 0 Å². The molecule has 2 N–H and O–H groups in total. The Labute approximate surface area is 251 Å². The molecule has 0 fully saturated rings. The molecule has 0 saturated carbocycles. The maximum atomic E-state index is 12.6. The number of amides is 2. The van der Waals surface area contributed by atoms with Gasteiger partial charge in [0, 0.05) is 11.4 Å². The van der Waals surface area contributed by atoms with E-state index in [4.69, 9.17) is 9.47 Å². The summed E-state index contributed by atoms with van der Waals surface area (Å²) >= 11 is 0. The highest BCUT2D eigenvalue weighted by Gasteiger charge is 2.15. The molecule has 0 radical (unpaired) electrons. The summed E-state index contributed by atoms with van der Waals surface area (Å²) in [4.78, 5) is 25.0. The first kappa shape index (κ1) is 28.9. The van der Waals surface area contributed by atoms with Crippen LogP contribution in [0.1, 0.15) is 27.8 Å². The van der Waals surface area contributed by atoms with Gasteiger partial charge < -0.3 is 9.47 Å². The van der Waals surface area contributed by atoms with Crippen molar-refractivity contribution in [3.05, 3.63) is 162 Å². The van der Waals surface area contributed by atoms with Gasteiger partial charge in [-0.2, -0.15) is 0 Å². The van der Waals surface area contributed by atoms with Gasteiger partial charge in [-0.05, 0) is 75.7 Å². The van der Waals surface area contributed by atoms with Crippen molar-refractivity contribution >= 4 is 29.1 Å². The smallest absolute Gasteiger partial charge is 0.411 e. The minimum absolute atomic E-state index is 0.174. The molecule has 6 nitrogen and oxygen atoms in total. The summed E-state index contributed by atoms with van der Waals surface area (Å²) in [6.45, 7) is 6.74. The van der Waals surface area contributed by atoms with E-state index in [1.54, 1.807) is 0 Å². The van der Waals surface area contributed by atoms with Gasteiger partial charge in [0.25, 0.3) is 0 Å². The average Bonchev–Trinajstić information content (AvgIpc) is 3.04. The van der Waals surface area contributed by atoms with Crippen LogP contribution in [0.25, 0.3) is 16.7 Å². The molecule has 6 heteroatoms. The quantitative estimate of drug-likeness (QED) is 0.186. The van der Waals surface area contributed by atoms with Gasteiger partial charge in [-0.1, -0.05) is 110 Å². The lowest BCUT2D eigenvalue weighted by Gasteiger charge is -2.17. The zero-order chi connectivity index (χ0) is 30.0. The molecule has 0 atom stereocenters. The van der Waals surface area contributed by atoms with E-state index < -0.39 is 12.2 Å². The monoisotopic (exact) mass is 568 g/mol. The van der Waals surface area contributed by atoms with Crippen LogP contribution in [0.5, 0.6) is 0 Å². The van der Waals surface area contributed by atoms with Crippen LogP contribution < -0.4 is 10.6 Å². The number of benzene rings is 5. The topological polar surface area (TPSA) is 76.7 Å². The molecular formula is C37H32N2O4. The van der Waals surface area contributed by atoms with Gasteiger partial charge in [-0.15, -0.1) is 0 Å². The molecule has 214 valence electrons. The third-order valence-corrected chi connectivity index (χ3v) is 6.90. The normalized spacial score (nSPS) is 10.4. The van der Waals surface area contributed by atoms with E-state index in [1.165, 1.54) is 0 Å². The number of hydrogen-bond acceptors (Lipinski definition) is 4. The molecule has 43 heavy (non-hydrogen) atoms. The van der Waals surface area contributed by atoms with Gasteiger partial charge in [-0.25, -0.2) is 9.59 Å². The maximum Gasteiger partial charge on any atom is 0.411 e. The van der Waals surface area contributed by atoms with E-state index >= 15 is 0 Å². The fraction of sp³-hybridized carbons (Fsp3) is 0.0811. The summed E-state index contributed by atoms with van der Waals surface area (Å²) in [7, 11) is 0. The number of anilines is 2. The first-order valence-electron chi connectivity index (χ1n) is 13.9. The van der Waals surface area contributed by atoms with Crippen molar-refractivity contribution in [3.8, 4) is 11.1 Å².